The van der Waals surface area contributed by atoms with Crippen molar-refractivity contribution < 1.29 is 14.6 Å². The molecular weight excluding hydrogens is 216 g/mol. The minimum atomic E-state index is -0.993. The molecule has 0 unspecified atom stereocenters. The van der Waals surface area contributed by atoms with Gasteiger partial charge in [0.25, 0.3) is 0 Å². The molecule has 3 nitrogen and oxygen atoms in total. The van der Waals surface area contributed by atoms with Gasteiger partial charge in [-0.15, -0.1) is 0 Å². The molecular formula is C14H10O3. The van der Waals surface area contributed by atoms with Crippen LogP contribution in [0.15, 0.2) is 36.9 Å². The van der Waals surface area contributed by atoms with Crippen LogP contribution in [-0.2, 0) is 0 Å². The van der Waals surface area contributed by atoms with Crippen LogP contribution in [-0.4, -0.2) is 17.7 Å². The molecule has 1 N–H and O–H groups in total. The summed E-state index contributed by atoms with van der Waals surface area (Å²) in [7, 11) is 0. The minimum Gasteiger partial charge on any atom is -0.489 e. The van der Waals surface area contributed by atoms with Crippen molar-refractivity contribution in [2.24, 2.45) is 0 Å². The average Bonchev–Trinajstić information content (AvgIpc) is 2.35. The van der Waals surface area contributed by atoms with Gasteiger partial charge in [-0.1, -0.05) is 24.8 Å². The largest absolute Gasteiger partial charge is 0.489 e. The van der Waals surface area contributed by atoms with Gasteiger partial charge in [0, 0.05) is 10.8 Å². The van der Waals surface area contributed by atoms with Crippen LogP contribution in [0.4, 0.5) is 0 Å². The molecule has 2 aromatic carbocycles. The SMILES string of the molecule is C=CCOc1cc[c]c2[c]ccc(C(=O)O)c12. The smallest absolute Gasteiger partial charge is 0.336 e. The Morgan fingerprint density at radius 3 is 2.76 bits per heavy atom. The number of hydrogen-bond donors (Lipinski definition) is 1. The maximum atomic E-state index is 11.1. The van der Waals surface area contributed by atoms with Crippen LogP contribution < -0.4 is 4.74 Å². The number of benzene rings is 2. The number of carboxylic acid groups (broad SMARTS) is 1. The highest BCUT2D eigenvalue weighted by molar-refractivity contribution is 6.06. The fraction of sp³-hybridized carbons (Fsp3) is 0.0714. The zero-order valence-electron chi connectivity index (χ0n) is 9.06. The molecule has 0 fully saturated rings. The van der Waals surface area contributed by atoms with E-state index in [4.69, 9.17) is 9.84 Å². The molecule has 0 aromatic heterocycles. The summed E-state index contributed by atoms with van der Waals surface area (Å²) in [5.74, 6) is -0.486. The zero-order chi connectivity index (χ0) is 12.3. The molecule has 2 aromatic rings. The molecule has 0 aliphatic heterocycles. The maximum Gasteiger partial charge on any atom is 0.336 e. The van der Waals surface area contributed by atoms with Crippen molar-refractivity contribution in [1.29, 1.82) is 0 Å². The lowest BCUT2D eigenvalue weighted by Crippen LogP contribution is -2.00. The van der Waals surface area contributed by atoms with E-state index in [0.717, 1.165) is 0 Å². The average molecular weight is 226 g/mol. The molecule has 2 radical (unpaired) electrons. The Labute approximate surface area is 99.0 Å². The summed E-state index contributed by atoms with van der Waals surface area (Å²) >= 11 is 0. The highest BCUT2D eigenvalue weighted by atomic mass is 16.5. The van der Waals surface area contributed by atoms with E-state index in [9.17, 15) is 4.79 Å². The molecule has 0 aliphatic carbocycles. The van der Waals surface area contributed by atoms with Gasteiger partial charge in [0.1, 0.15) is 12.4 Å². The van der Waals surface area contributed by atoms with Gasteiger partial charge in [-0.2, -0.15) is 0 Å². The first-order valence-corrected chi connectivity index (χ1v) is 5.06. The lowest BCUT2D eigenvalue weighted by Gasteiger charge is -2.09. The van der Waals surface area contributed by atoms with Crippen LogP contribution in [0.3, 0.4) is 0 Å². The first-order valence-electron chi connectivity index (χ1n) is 5.06. The Morgan fingerprint density at radius 2 is 2.12 bits per heavy atom. The summed E-state index contributed by atoms with van der Waals surface area (Å²) in [6.07, 6.45) is 1.61. The molecule has 3 heteroatoms. The Kier molecular flexibility index (Phi) is 3.10. The lowest BCUT2D eigenvalue weighted by molar-refractivity contribution is 0.0699. The monoisotopic (exact) mass is 226 g/mol. The van der Waals surface area contributed by atoms with Crippen LogP contribution in [0, 0.1) is 12.1 Å². The molecule has 0 saturated heterocycles. The highest BCUT2D eigenvalue weighted by Gasteiger charge is 2.12. The highest BCUT2D eigenvalue weighted by Crippen LogP contribution is 2.28. The van der Waals surface area contributed by atoms with E-state index >= 15 is 0 Å². The maximum absolute atomic E-state index is 11.1. The number of rotatable bonds is 4. The van der Waals surface area contributed by atoms with E-state index in [2.05, 4.69) is 18.7 Å². The number of aromatic carboxylic acids is 1. The number of ether oxygens (including phenoxy) is 1. The van der Waals surface area contributed by atoms with Gasteiger partial charge in [-0.05, 0) is 24.3 Å². The molecule has 2 rings (SSSR count). The van der Waals surface area contributed by atoms with Gasteiger partial charge < -0.3 is 9.84 Å². The summed E-state index contributed by atoms with van der Waals surface area (Å²) in [5, 5.41) is 10.3. The number of fused-ring (bicyclic) bond motifs is 1. The van der Waals surface area contributed by atoms with Crippen molar-refractivity contribution in [3.8, 4) is 5.75 Å². The van der Waals surface area contributed by atoms with Gasteiger partial charge in [0.05, 0.1) is 5.56 Å². The third-order valence-electron chi connectivity index (χ3n) is 2.29. The molecule has 0 amide bonds. The fourth-order valence-electron chi connectivity index (χ4n) is 1.60. The summed E-state index contributed by atoms with van der Waals surface area (Å²) in [6, 6.07) is 12.3. The van der Waals surface area contributed by atoms with E-state index in [1.807, 2.05) is 0 Å². The predicted octanol–water partition coefficient (Wildman–Crippen LogP) is 2.70. The quantitative estimate of drug-likeness (QED) is 0.815. The first kappa shape index (κ1) is 11.2. The molecule has 17 heavy (non-hydrogen) atoms. The second-order valence-electron chi connectivity index (χ2n) is 3.39. The Bertz CT molecular complexity index is 567. The van der Waals surface area contributed by atoms with Crippen LogP contribution in [0.25, 0.3) is 10.8 Å². The van der Waals surface area contributed by atoms with E-state index in [1.54, 1.807) is 24.3 Å². The van der Waals surface area contributed by atoms with Crippen LogP contribution >= 0.6 is 0 Å². The fourth-order valence-corrected chi connectivity index (χ4v) is 1.60. The first-order chi connectivity index (χ1) is 8.24. The van der Waals surface area contributed by atoms with Crippen molar-refractivity contribution in [2.75, 3.05) is 6.61 Å². The van der Waals surface area contributed by atoms with Gasteiger partial charge in [0.15, 0.2) is 0 Å². The van der Waals surface area contributed by atoms with Gasteiger partial charge in [-0.3, -0.25) is 0 Å². The summed E-state index contributed by atoms with van der Waals surface area (Å²) in [5.41, 5.74) is 0.190. The van der Waals surface area contributed by atoms with Crippen molar-refractivity contribution in [1.82, 2.24) is 0 Å². The standard InChI is InChI=1S/C14H10O3/c1-2-9-17-12-8-4-6-10-5-3-7-11(13(10)12)14(15)16/h2-4,7-8H,1,9H2,(H,15,16). The number of carbonyl (C=O) groups is 1. The molecule has 0 saturated carbocycles. The van der Waals surface area contributed by atoms with Gasteiger partial charge in [-0.25, -0.2) is 4.79 Å². The predicted molar refractivity (Wildman–Crippen MR) is 64.3 cm³/mol. The third-order valence-corrected chi connectivity index (χ3v) is 2.29. The van der Waals surface area contributed by atoms with Crippen LogP contribution in [0.1, 0.15) is 10.4 Å². The number of carboxylic acids is 1. The van der Waals surface area contributed by atoms with E-state index in [0.29, 0.717) is 23.1 Å². The van der Waals surface area contributed by atoms with Crippen molar-refractivity contribution in [3.63, 3.8) is 0 Å². The molecule has 0 spiro atoms. The molecule has 0 aliphatic rings. The topological polar surface area (TPSA) is 46.5 Å². The normalized spacial score (nSPS) is 10.1. The Hall–Kier alpha value is -2.29. The van der Waals surface area contributed by atoms with E-state index in [-0.39, 0.29) is 5.56 Å². The van der Waals surface area contributed by atoms with Crippen molar-refractivity contribution >= 4 is 16.7 Å². The zero-order valence-corrected chi connectivity index (χ0v) is 9.06. The molecule has 0 heterocycles. The molecule has 0 bridgehead atoms. The van der Waals surface area contributed by atoms with E-state index < -0.39 is 5.97 Å². The van der Waals surface area contributed by atoms with E-state index in [1.165, 1.54) is 6.07 Å². The van der Waals surface area contributed by atoms with Gasteiger partial charge in [0.2, 0.25) is 0 Å². The third kappa shape index (κ3) is 2.13. The summed E-state index contributed by atoms with van der Waals surface area (Å²) in [4.78, 5) is 11.1. The van der Waals surface area contributed by atoms with Crippen molar-refractivity contribution in [3.05, 3.63) is 54.6 Å². The summed E-state index contributed by atoms with van der Waals surface area (Å²) < 4.78 is 5.44. The van der Waals surface area contributed by atoms with Crippen LogP contribution in [0.2, 0.25) is 0 Å². The lowest BCUT2D eigenvalue weighted by atomic mass is 10.0. The molecule has 84 valence electrons. The minimum absolute atomic E-state index is 0.190. The second-order valence-corrected chi connectivity index (χ2v) is 3.39. The second kappa shape index (κ2) is 4.70. The van der Waals surface area contributed by atoms with Crippen LogP contribution in [0.5, 0.6) is 5.75 Å². The Balaban J connectivity index is 2.66. The number of hydrogen-bond acceptors (Lipinski definition) is 2. The summed E-state index contributed by atoms with van der Waals surface area (Å²) in [6.45, 7) is 3.88. The van der Waals surface area contributed by atoms with Crippen molar-refractivity contribution in [2.45, 2.75) is 0 Å². The molecule has 0 atom stereocenters. The van der Waals surface area contributed by atoms with Gasteiger partial charge >= 0.3 is 5.97 Å². The Morgan fingerprint density at radius 1 is 1.41 bits per heavy atom.